The molecule has 5 aromatic rings. The molecule has 3 aromatic carbocycles. The standard InChI is InChI=1S/C35H34N2O4/c1-20-8-7-9-24(18-20)37-27-19-21(2)30(34(22(3)38)41-35(4,5)6)32(25(27)11-13-29(37)39)26-10-12-28-31-23(15-17-40-28)14-16-36-33(26)31/h7-14,16,18-19,34H,15,17H2,1-6H3. The molecule has 3 heterocycles. The minimum atomic E-state index is -0.809. The third kappa shape index (κ3) is 4.72. The molecule has 0 spiro atoms. The second-order valence-electron chi connectivity index (χ2n) is 11.9. The van der Waals surface area contributed by atoms with Crippen molar-refractivity contribution in [1.82, 2.24) is 9.55 Å². The maximum atomic E-state index is 13.4. The molecule has 0 amide bonds. The number of pyridine rings is 2. The van der Waals surface area contributed by atoms with Crippen molar-refractivity contribution in [2.45, 2.75) is 59.7 Å². The SMILES string of the molecule is CC(=O)C(OC(C)(C)C)c1c(C)cc2c(ccc(=O)n2-c2cccc(C)c2)c1-c1ccc2c3c(ccnc13)CCO2. The number of aryl methyl sites for hydroxylation is 2. The predicted octanol–water partition coefficient (Wildman–Crippen LogP) is 7.20. The van der Waals surface area contributed by atoms with Gasteiger partial charge < -0.3 is 9.47 Å². The lowest BCUT2D eigenvalue weighted by molar-refractivity contribution is -0.138. The van der Waals surface area contributed by atoms with Crippen LogP contribution >= 0.6 is 0 Å². The number of aromatic nitrogens is 2. The molecule has 2 aromatic heterocycles. The summed E-state index contributed by atoms with van der Waals surface area (Å²) in [6.07, 6.45) is 1.83. The molecule has 6 heteroatoms. The van der Waals surface area contributed by atoms with Crippen LogP contribution in [0.1, 0.15) is 56.1 Å². The van der Waals surface area contributed by atoms with Gasteiger partial charge in [0.1, 0.15) is 11.9 Å². The number of ketones is 1. The minimum absolute atomic E-state index is 0.0883. The summed E-state index contributed by atoms with van der Waals surface area (Å²) in [7, 11) is 0. The Morgan fingerprint density at radius 1 is 1.05 bits per heavy atom. The minimum Gasteiger partial charge on any atom is -0.493 e. The van der Waals surface area contributed by atoms with E-state index in [2.05, 4.69) is 0 Å². The number of fused-ring (bicyclic) bond motifs is 1. The highest BCUT2D eigenvalue weighted by Crippen LogP contribution is 2.45. The van der Waals surface area contributed by atoms with Gasteiger partial charge in [0, 0.05) is 40.7 Å². The van der Waals surface area contributed by atoms with Gasteiger partial charge in [-0.1, -0.05) is 12.1 Å². The highest BCUT2D eigenvalue weighted by Gasteiger charge is 2.31. The first-order valence-corrected chi connectivity index (χ1v) is 14.0. The van der Waals surface area contributed by atoms with E-state index in [1.54, 1.807) is 17.6 Å². The number of nitrogens with zero attached hydrogens (tertiary/aromatic N) is 2. The number of hydrogen-bond acceptors (Lipinski definition) is 5. The Morgan fingerprint density at radius 2 is 1.85 bits per heavy atom. The lowest BCUT2D eigenvalue weighted by atomic mass is 9.85. The Kier molecular flexibility index (Phi) is 6.54. The zero-order valence-corrected chi connectivity index (χ0v) is 24.4. The van der Waals surface area contributed by atoms with Gasteiger partial charge in [0.2, 0.25) is 0 Å². The molecular formula is C35H34N2O4. The lowest BCUT2D eigenvalue weighted by Gasteiger charge is -2.30. The number of Topliss-reactive ketones (excluding diaryl/α,β-unsaturated/α-hetero) is 1. The molecule has 6 rings (SSSR count). The average Bonchev–Trinajstić information content (AvgIpc) is 2.91. The summed E-state index contributed by atoms with van der Waals surface area (Å²) in [5.41, 5.74) is 7.26. The Morgan fingerprint density at radius 3 is 2.59 bits per heavy atom. The first kappa shape index (κ1) is 26.9. The van der Waals surface area contributed by atoms with Crippen LogP contribution in [0.25, 0.3) is 38.6 Å². The summed E-state index contributed by atoms with van der Waals surface area (Å²) in [5, 5.41) is 1.83. The fourth-order valence-corrected chi connectivity index (χ4v) is 6.00. The van der Waals surface area contributed by atoms with Crippen molar-refractivity contribution in [3.8, 4) is 22.6 Å². The molecule has 1 atom stereocenters. The first-order valence-electron chi connectivity index (χ1n) is 14.0. The van der Waals surface area contributed by atoms with Crippen LogP contribution in [0.15, 0.2) is 71.7 Å². The van der Waals surface area contributed by atoms with Crippen molar-refractivity contribution in [1.29, 1.82) is 0 Å². The van der Waals surface area contributed by atoms with E-state index in [0.29, 0.717) is 6.61 Å². The van der Waals surface area contributed by atoms with Crippen molar-refractivity contribution in [3.63, 3.8) is 0 Å². The third-order valence-corrected chi connectivity index (χ3v) is 7.65. The largest absolute Gasteiger partial charge is 0.493 e. The fraction of sp³-hybridized carbons (Fsp3) is 0.286. The van der Waals surface area contributed by atoms with Gasteiger partial charge in [-0.25, -0.2) is 0 Å². The zero-order chi connectivity index (χ0) is 29.1. The van der Waals surface area contributed by atoms with E-state index < -0.39 is 11.7 Å². The monoisotopic (exact) mass is 546 g/mol. The van der Waals surface area contributed by atoms with Crippen LogP contribution in [0.4, 0.5) is 0 Å². The summed E-state index contributed by atoms with van der Waals surface area (Å²) >= 11 is 0. The molecule has 1 aliphatic heterocycles. The topological polar surface area (TPSA) is 70.4 Å². The van der Waals surface area contributed by atoms with Crippen molar-refractivity contribution in [3.05, 3.63) is 99.5 Å². The molecule has 0 bridgehead atoms. The highest BCUT2D eigenvalue weighted by molar-refractivity contribution is 6.08. The van der Waals surface area contributed by atoms with E-state index in [0.717, 1.165) is 67.5 Å². The van der Waals surface area contributed by atoms with E-state index in [1.165, 1.54) is 5.56 Å². The molecule has 0 saturated heterocycles. The summed E-state index contributed by atoms with van der Waals surface area (Å²) < 4.78 is 14.2. The van der Waals surface area contributed by atoms with Crippen LogP contribution in [0.5, 0.6) is 5.75 Å². The summed E-state index contributed by atoms with van der Waals surface area (Å²) in [5.74, 6) is 0.719. The van der Waals surface area contributed by atoms with Crippen LogP contribution in [0.2, 0.25) is 0 Å². The predicted molar refractivity (Wildman–Crippen MR) is 163 cm³/mol. The molecule has 0 N–H and O–H groups in total. The number of hydrogen-bond donors (Lipinski definition) is 0. The van der Waals surface area contributed by atoms with Gasteiger partial charge in [0.05, 0.1) is 23.2 Å². The highest BCUT2D eigenvalue weighted by atomic mass is 16.5. The van der Waals surface area contributed by atoms with Gasteiger partial charge in [-0.15, -0.1) is 0 Å². The van der Waals surface area contributed by atoms with E-state index in [1.807, 2.05) is 95.4 Å². The van der Waals surface area contributed by atoms with Gasteiger partial charge in [-0.05, 0) is 112 Å². The first-order chi connectivity index (χ1) is 19.5. The summed E-state index contributed by atoms with van der Waals surface area (Å²) in [6, 6.07) is 19.4. The summed E-state index contributed by atoms with van der Waals surface area (Å²) in [4.78, 5) is 31.6. The molecule has 1 unspecified atom stereocenters. The van der Waals surface area contributed by atoms with Gasteiger partial charge in [-0.2, -0.15) is 0 Å². The van der Waals surface area contributed by atoms with Crippen LogP contribution < -0.4 is 10.3 Å². The molecule has 1 aliphatic rings. The zero-order valence-electron chi connectivity index (χ0n) is 24.4. The smallest absolute Gasteiger partial charge is 0.255 e. The maximum Gasteiger partial charge on any atom is 0.255 e. The number of carbonyl (C=O) groups excluding carboxylic acids is 1. The second-order valence-corrected chi connectivity index (χ2v) is 11.9. The van der Waals surface area contributed by atoms with Crippen LogP contribution in [0, 0.1) is 13.8 Å². The van der Waals surface area contributed by atoms with Crippen molar-refractivity contribution in [2.24, 2.45) is 0 Å². The second kappa shape index (κ2) is 9.96. The Labute approximate surface area is 239 Å². The number of carbonyl (C=O) groups is 1. The molecule has 0 radical (unpaired) electrons. The summed E-state index contributed by atoms with van der Waals surface area (Å²) in [6.45, 7) is 12.1. The van der Waals surface area contributed by atoms with E-state index in [-0.39, 0.29) is 11.3 Å². The average molecular weight is 547 g/mol. The quantitative estimate of drug-likeness (QED) is 0.233. The molecule has 208 valence electrons. The number of benzene rings is 3. The van der Waals surface area contributed by atoms with Gasteiger partial charge >= 0.3 is 0 Å². The normalized spacial score (nSPS) is 13.8. The number of ether oxygens (including phenoxy) is 2. The molecule has 0 saturated carbocycles. The van der Waals surface area contributed by atoms with E-state index in [9.17, 15) is 9.59 Å². The van der Waals surface area contributed by atoms with Crippen molar-refractivity contribution in [2.75, 3.05) is 6.61 Å². The molecule has 0 aliphatic carbocycles. The van der Waals surface area contributed by atoms with E-state index in [4.69, 9.17) is 14.5 Å². The van der Waals surface area contributed by atoms with E-state index >= 15 is 0 Å². The van der Waals surface area contributed by atoms with Gasteiger partial charge in [0.25, 0.3) is 5.56 Å². The van der Waals surface area contributed by atoms with Gasteiger partial charge in [-0.3, -0.25) is 19.1 Å². The Hall–Kier alpha value is -4.29. The molecule has 41 heavy (non-hydrogen) atoms. The maximum absolute atomic E-state index is 13.4. The fourth-order valence-electron chi connectivity index (χ4n) is 6.00. The molecule has 6 nitrogen and oxygen atoms in total. The Balaban J connectivity index is 1.79. The van der Waals surface area contributed by atoms with Crippen LogP contribution in [0.3, 0.4) is 0 Å². The number of rotatable bonds is 5. The van der Waals surface area contributed by atoms with Crippen molar-refractivity contribution >= 4 is 27.6 Å². The van der Waals surface area contributed by atoms with Crippen LogP contribution in [-0.4, -0.2) is 27.5 Å². The lowest BCUT2D eigenvalue weighted by Crippen LogP contribution is -2.27. The Bertz CT molecular complexity index is 1900. The van der Waals surface area contributed by atoms with Crippen molar-refractivity contribution < 1.29 is 14.3 Å². The van der Waals surface area contributed by atoms with Crippen LogP contribution in [-0.2, 0) is 16.0 Å². The molecular weight excluding hydrogens is 512 g/mol. The molecule has 0 fully saturated rings. The van der Waals surface area contributed by atoms with Gasteiger partial charge in [0.15, 0.2) is 5.78 Å². The third-order valence-electron chi connectivity index (χ3n) is 7.65.